The Kier molecular flexibility index (Phi) is 7.45. The van der Waals surface area contributed by atoms with Crippen molar-refractivity contribution in [3.8, 4) is 5.75 Å². The number of rotatable bonds is 8. The van der Waals surface area contributed by atoms with Gasteiger partial charge in [0.15, 0.2) is 0 Å². The van der Waals surface area contributed by atoms with Crippen molar-refractivity contribution >= 4 is 29.4 Å². The second-order valence-electron chi connectivity index (χ2n) is 4.29. The van der Waals surface area contributed by atoms with Crippen LogP contribution in [0.1, 0.15) is 13.3 Å². The van der Waals surface area contributed by atoms with Gasteiger partial charge in [0.25, 0.3) is 0 Å². The molecule has 7 heteroatoms. The molecule has 0 fully saturated rings. The average molecular weight is 311 g/mol. The van der Waals surface area contributed by atoms with E-state index in [4.69, 9.17) is 10.5 Å². The van der Waals surface area contributed by atoms with Crippen LogP contribution in [0, 0.1) is 0 Å². The highest BCUT2D eigenvalue weighted by molar-refractivity contribution is 7.98. The molecule has 0 spiro atoms. The molecule has 116 valence electrons. The van der Waals surface area contributed by atoms with Crippen molar-refractivity contribution in [1.29, 1.82) is 0 Å². The van der Waals surface area contributed by atoms with Crippen LogP contribution in [0.4, 0.5) is 10.5 Å². The van der Waals surface area contributed by atoms with E-state index in [1.807, 2.05) is 13.2 Å². The number of carbonyl (C=O) groups excluding carboxylic acids is 2. The Morgan fingerprint density at radius 2 is 2.00 bits per heavy atom. The third kappa shape index (κ3) is 6.40. The van der Waals surface area contributed by atoms with Crippen molar-refractivity contribution in [3.05, 3.63) is 24.3 Å². The van der Waals surface area contributed by atoms with Crippen LogP contribution in [0.5, 0.6) is 5.75 Å². The second-order valence-corrected chi connectivity index (χ2v) is 5.27. The van der Waals surface area contributed by atoms with E-state index in [1.54, 1.807) is 36.0 Å². The lowest BCUT2D eigenvalue weighted by Crippen LogP contribution is -2.46. The van der Waals surface area contributed by atoms with Gasteiger partial charge in [-0.05, 0) is 49.6 Å². The van der Waals surface area contributed by atoms with Crippen molar-refractivity contribution in [2.24, 2.45) is 5.73 Å². The molecule has 0 heterocycles. The summed E-state index contributed by atoms with van der Waals surface area (Å²) in [5, 5.41) is 5.21. The Labute approximate surface area is 128 Å². The van der Waals surface area contributed by atoms with E-state index in [0.29, 0.717) is 18.7 Å². The number of nitrogens with two attached hydrogens (primary N) is 1. The minimum absolute atomic E-state index is 0.285. The zero-order valence-electron chi connectivity index (χ0n) is 12.2. The van der Waals surface area contributed by atoms with Crippen LogP contribution < -0.4 is 21.1 Å². The maximum Gasteiger partial charge on any atom is 0.312 e. The Hall–Kier alpha value is -1.89. The van der Waals surface area contributed by atoms with Crippen LogP contribution in [0.2, 0.25) is 0 Å². The fraction of sp³-hybridized carbons (Fsp3) is 0.429. The molecule has 0 unspecified atom stereocenters. The maximum atomic E-state index is 12.1. The van der Waals surface area contributed by atoms with Crippen molar-refractivity contribution in [1.82, 2.24) is 5.32 Å². The van der Waals surface area contributed by atoms with E-state index >= 15 is 0 Å². The Morgan fingerprint density at radius 3 is 2.52 bits per heavy atom. The van der Waals surface area contributed by atoms with Crippen molar-refractivity contribution in [2.75, 3.05) is 23.9 Å². The van der Waals surface area contributed by atoms with Gasteiger partial charge in [-0.2, -0.15) is 11.8 Å². The van der Waals surface area contributed by atoms with Crippen LogP contribution in [0.25, 0.3) is 0 Å². The second kappa shape index (κ2) is 9.12. The lowest BCUT2D eigenvalue weighted by atomic mass is 10.2. The molecular formula is C14H21N3O3S. The van der Waals surface area contributed by atoms with Gasteiger partial charge in [0, 0.05) is 5.69 Å². The molecule has 1 aromatic carbocycles. The van der Waals surface area contributed by atoms with Crippen molar-refractivity contribution < 1.29 is 14.3 Å². The van der Waals surface area contributed by atoms with E-state index in [1.165, 1.54) is 0 Å². The first-order valence-electron chi connectivity index (χ1n) is 6.65. The lowest BCUT2D eigenvalue weighted by Gasteiger charge is -2.17. The summed E-state index contributed by atoms with van der Waals surface area (Å²) in [4.78, 5) is 23.1. The number of carbonyl (C=O) groups is 2. The number of anilines is 1. The molecule has 0 radical (unpaired) electrons. The van der Waals surface area contributed by atoms with Gasteiger partial charge in [0.1, 0.15) is 11.8 Å². The highest BCUT2D eigenvalue weighted by atomic mass is 32.2. The van der Waals surface area contributed by atoms with Crippen LogP contribution in [-0.2, 0) is 4.79 Å². The van der Waals surface area contributed by atoms with Gasteiger partial charge in [-0.25, -0.2) is 4.79 Å². The molecule has 3 amide bonds. The average Bonchev–Trinajstić information content (AvgIpc) is 2.45. The number of hydrogen-bond donors (Lipinski definition) is 3. The van der Waals surface area contributed by atoms with Gasteiger partial charge in [-0.1, -0.05) is 0 Å². The van der Waals surface area contributed by atoms with E-state index < -0.39 is 12.1 Å². The Bertz CT molecular complexity index is 465. The minimum atomic E-state index is -0.706. The van der Waals surface area contributed by atoms with Gasteiger partial charge < -0.3 is 21.1 Å². The topological polar surface area (TPSA) is 93.4 Å². The maximum absolute atomic E-state index is 12.1. The molecule has 4 N–H and O–H groups in total. The normalized spacial score (nSPS) is 11.5. The number of benzene rings is 1. The van der Waals surface area contributed by atoms with E-state index in [9.17, 15) is 9.59 Å². The molecule has 0 aliphatic carbocycles. The van der Waals surface area contributed by atoms with Gasteiger partial charge in [-0.3, -0.25) is 4.79 Å². The summed E-state index contributed by atoms with van der Waals surface area (Å²) in [5.74, 6) is 1.21. The van der Waals surface area contributed by atoms with E-state index in [0.717, 1.165) is 11.5 Å². The first-order chi connectivity index (χ1) is 10.1. The standard InChI is InChI=1S/C14H21N3O3S/c1-3-20-11-6-4-10(5-7-11)16-13(18)12(8-9-21-2)17-14(15)19/h4-7,12H,3,8-9H2,1-2H3,(H,16,18)(H3,15,17,19)/t12-/m0/s1. The van der Waals surface area contributed by atoms with Gasteiger partial charge in [0.05, 0.1) is 6.61 Å². The fourth-order valence-electron chi connectivity index (χ4n) is 1.71. The third-order valence-corrected chi connectivity index (χ3v) is 3.32. The number of thioether (sulfide) groups is 1. The fourth-order valence-corrected chi connectivity index (χ4v) is 2.18. The van der Waals surface area contributed by atoms with Gasteiger partial charge in [-0.15, -0.1) is 0 Å². The summed E-state index contributed by atoms with van der Waals surface area (Å²) in [6, 6.07) is 5.71. The molecule has 1 atom stereocenters. The Balaban J connectivity index is 2.64. The van der Waals surface area contributed by atoms with Crippen LogP contribution >= 0.6 is 11.8 Å². The smallest absolute Gasteiger partial charge is 0.312 e. The molecule has 0 aliphatic heterocycles. The molecule has 0 saturated carbocycles. The molecule has 0 aromatic heterocycles. The Morgan fingerprint density at radius 1 is 1.33 bits per heavy atom. The van der Waals surface area contributed by atoms with Crippen LogP contribution in [0.15, 0.2) is 24.3 Å². The summed E-state index contributed by atoms with van der Waals surface area (Å²) in [6.45, 7) is 2.49. The molecule has 0 bridgehead atoms. The van der Waals surface area contributed by atoms with Crippen molar-refractivity contribution in [3.63, 3.8) is 0 Å². The molecule has 1 aromatic rings. The molecule has 0 saturated heterocycles. The molecule has 1 rings (SSSR count). The molecule has 21 heavy (non-hydrogen) atoms. The highest BCUT2D eigenvalue weighted by Gasteiger charge is 2.19. The first kappa shape index (κ1) is 17.2. The van der Waals surface area contributed by atoms with Crippen LogP contribution in [-0.4, -0.2) is 36.6 Å². The highest BCUT2D eigenvalue weighted by Crippen LogP contribution is 2.16. The summed E-state index contributed by atoms with van der Waals surface area (Å²) in [5.41, 5.74) is 5.74. The summed E-state index contributed by atoms with van der Waals surface area (Å²) in [7, 11) is 0. The number of nitrogens with one attached hydrogen (secondary N) is 2. The van der Waals surface area contributed by atoms with Gasteiger partial charge >= 0.3 is 6.03 Å². The monoisotopic (exact) mass is 311 g/mol. The lowest BCUT2D eigenvalue weighted by molar-refractivity contribution is -0.117. The quantitative estimate of drug-likeness (QED) is 0.682. The van der Waals surface area contributed by atoms with E-state index in [2.05, 4.69) is 10.6 Å². The third-order valence-electron chi connectivity index (χ3n) is 2.68. The van der Waals surface area contributed by atoms with Gasteiger partial charge in [0.2, 0.25) is 5.91 Å². The largest absolute Gasteiger partial charge is 0.494 e. The number of urea groups is 1. The summed E-state index contributed by atoms with van der Waals surface area (Å²) in [6.07, 6.45) is 2.46. The molecule has 6 nitrogen and oxygen atoms in total. The predicted molar refractivity (Wildman–Crippen MR) is 85.7 cm³/mol. The summed E-state index contributed by atoms with van der Waals surface area (Å²) < 4.78 is 5.33. The zero-order chi connectivity index (χ0) is 15.7. The van der Waals surface area contributed by atoms with Crippen molar-refractivity contribution in [2.45, 2.75) is 19.4 Å². The summed E-state index contributed by atoms with van der Waals surface area (Å²) >= 11 is 1.60. The zero-order valence-corrected chi connectivity index (χ0v) is 13.0. The SMILES string of the molecule is CCOc1ccc(NC(=O)[C@H](CCSC)NC(N)=O)cc1. The number of amides is 3. The van der Waals surface area contributed by atoms with Crippen LogP contribution in [0.3, 0.4) is 0 Å². The molecule has 0 aliphatic rings. The van der Waals surface area contributed by atoms with E-state index in [-0.39, 0.29) is 5.91 Å². The first-order valence-corrected chi connectivity index (χ1v) is 8.04. The molecular weight excluding hydrogens is 290 g/mol. The minimum Gasteiger partial charge on any atom is -0.494 e. The number of hydrogen-bond acceptors (Lipinski definition) is 4. The number of primary amides is 1. The predicted octanol–water partition coefficient (Wildman–Crippen LogP) is 1.81. The number of ether oxygens (including phenoxy) is 1.